The van der Waals surface area contributed by atoms with E-state index in [1.165, 1.54) is 12.8 Å². The van der Waals surface area contributed by atoms with Crippen molar-refractivity contribution in [3.8, 4) is 0 Å². The van der Waals surface area contributed by atoms with Gasteiger partial charge in [-0.3, -0.25) is 0 Å². The molecule has 3 heterocycles. The first-order valence-corrected chi connectivity index (χ1v) is 8.78. The molecule has 130 valence electrons. The third kappa shape index (κ3) is 3.44. The van der Waals surface area contributed by atoms with Crippen molar-refractivity contribution in [1.29, 1.82) is 0 Å². The Kier molecular flexibility index (Phi) is 4.52. The first-order valence-electron chi connectivity index (χ1n) is 8.78. The quantitative estimate of drug-likeness (QED) is 0.721. The topological polar surface area (TPSA) is 66.2 Å². The minimum atomic E-state index is 0.448. The molecule has 0 spiro atoms. The number of aromatic nitrogens is 2. The van der Waals surface area contributed by atoms with Gasteiger partial charge in [-0.05, 0) is 25.0 Å². The zero-order valence-electron chi connectivity index (χ0n) is 14.4. The first-order chi connectivity index (χ1) is 12.3. The summed E-state index contributed by atoms with van der Waals surface area (Å²) in [5.74, 6) is 2.82. The smallest absolute Gasteiger partial charge is 0.134 e. The van der Waals surface area contributed by atoms with Crippen LogP contribution in [0.2, 0.25) is 0 Å². The van der Waals surface area contributed by atoms with Gasteiger partial charge in [-0.2, -0.15) is 0 Å². The molecule has 1 aliphatic heterocycles. The number of fused-ring (bicyclic) bond motifs is 1. The summed E-state index contributed by atoms with van der Waals surface area (Å²) >= 11 is 0. The molecular formula is C19H23N5O. The molecule has 6 heteroatoms. The summed E-state index contributed by atoms with van der Waals surface area (Å²) in [5, 5.41) is 7.77. The van der Waals surface area contributed by atoms with E-state index >= 15 is 0 Å². The maximum atomic E-state index is 5.87. The van der Waals surface area contributed by atoms with Gasteiger partial charge >= 0.3 is 0 Å². The van der Waals surface area contributed by atoms with Gasteiger partial charge in [-0.1, -0.05) is 18.2 Å². The van der Waals surface area contributed by atoms with Crippen LogP contribution in [0.1, 0.15) is 18.6 Å². The average Bonchev–Trinajstić information content (AvgIpc) is 3.28. The molecule has 3 aromatic rings. The standard InChI is InChI=1S/C19H23N5O/c1-20-18-10-19(23-13-22-18)24-8-4-6-15(24)11-21-12-16-9-14-5-2-3-7-17(14)25-16/h2-3,5,7,9-10,13,15,21H,4,6,8,11-12H2,1H3,(H,20,22,23). The lowest BCUT2D eigenvalue weighted by Gasteiger charge is -2.26. The highest BCUT2D eigenvalue weighted by Crippen LogP contribution is 2.24. The minimum Gasteiger partial charge on any atom is -0.460 e. The average molecular weight is 337 g/mol. The van der Waals surface area contributed by atoms with Crippen LogP contribution in [0.15, 0.2) is 47.1 Å². The van der Waals surface area contributed by atoms with Gasteiger partial charge in [0.25, 0.3) is 0 Å². The van der Waals surface area contributed by atoms with Crippen LogP contribution in [0.3, 0.4) is 0 Å². The zero-order chi connectivity index (χ0) is 17.1. The van der Waals surface area contributed by atoms with E-state index in [1.807, 2.05) is 31.3 Å². The third-order valence-electron chi connectivity index (χ3n) is 4.74. The van der Waals surface area contributed by atoms with Crippen LogP contribution >= 0.6 is 0 Å². The van der Waals surface area contributed by atoms with Gasteiger partial charge in [-0.25, -0.2) is 9.97 Å². The van der Waals surface area contributed by atoms with Gasteiger partial charge < -0.3 is 20.0 Å². The lowest BCUT2D eigenvalue weighted by atomic mass is 10.2. The van der Waals surface area contributed by atoms with E-state index in [-0.39, 0.29) is 0 Å². The number of hydrogen-bond acceptors (Lipinski definition) is 6. The van der Waals surface area contributed by atoms with Crippen molar-refractivity contribution < 1.29 is 4.42 Å². The van der Waals surface area contributed by atoms with E-state index in [0.717, 1.165) is 48.0 Å². The number of rotatable bonds is 6. The Morgan fingerprint density at radius 2 is 2.16 bits per heavy atom. The summed E-state index contributed by atoms with van der Waals surface area (Å²) < 4.78 is 5.87. The molecule has 0 bridgehead atoms. The lowest BCUT2D eigenvalue weighted by molar-refractivity contribution is 0.494. The van der Waals surface area contributed by atoms with Gasteiger partial charge in [-0.15, -0.1) is 0 Å². The van der Waals surface area contributed by atoms with E-state index in [2.05, 4.69) is 37.6 Å². The molecule has 0 aliphatic carbocycles. The van der Waals surface area contributed by atoms with E-state index in [9.17, 15) is 0 Å². The highest BCUT2D eigenvalue weighted by atomic mass is 16.3. The zero-order valence-corrected chi connectivity index (χ0v) is 14.4. The number of nitrogens with one attached hydrogen (secondary N) is 2. The van der Waals surface area contributed by atoms with Crippen molar-refractivity contribution in [1.82, 2.24) is 15.3 Å². The summed E-state index contributed by atoms with van der Waals surface area (Å²) in [6.07, 6.45) is 3.99. The van der Waals surface area contributed by atoms with Crippen LogP contribution < -0.4 is 15.5 Å². The highest BCUT2D eigenvalue weighted by Gasteiger charge is 2.25. The number of nitrogens with zero attached hydrogens (tertiary/aromatic N) is 3. The molecule has 4 rings (SSSR count). The van der Waals surface area contributed by atoms with E-state index in [1.54, 1.807) is 6.33 Å². The van der Waals surface area contributed by atoms with Gasteiger partial charge in [0, 0.05) is 37.6 Å². The summed E-state index contributed by atoms with van der Waals surface area (Å²) in [6, 6.07) is 12.7. The molecule has 1 saturated heterocycles. The number of hydrogen-bond donors (Lipinski definition) is 2. The highest BCUT2D eigenvalue weighted by molar-refractivity contribution is 5.77. The fourth-order valence-corrected chi connectivity index (χ4v) is 3.48. The summed E-state index contributed by atoms with van der Waals surface area (Å²) in [5.41, 5.74) is 0.947. The summed E-state index contributed by atoms with van der Waals surface area (Å²) in [7, 11) is 1.88. The molecule has 25 heavy (non-hydrogen) atoms. The predicted octanol–water partition coefficient (Wildman–Crippen LogP) is 3.02. The molecule has 2 N–H and O–H groups in total. The SMILES string of the molecule is CNc1cc(N2CCCC2CNCc2cc3ccccc3o2)ncn1. The molecule has 0 amide bonds. The Hall–Kier alpha value is -2.60. The second-order valence-electron chi connectivity index (χ2n) is 6.38. The van der Waals surface area contributed by atoms with Gasteiger partial charge in [0.05, 0.1) is 6.54 Å². The van der Waals surface area contributed by atoms with Crippen LogP contribution in [0.25, 0.3) is 11.0 Å². The summed E-state index contributed by atoms with van der Waals surface area (Å²) in [4.78, 5) is 11.0. The fraction of sp³-hybridized carbons (Fsp3) is 0.368. The second kappa shape index (κ2) is 7.11. The van der Waals surface area contributed by atoms with E-state index < -0.39 is 0 Å². The molecule has 6 nitrogen and oxygen atoms in total. The molecule has 1 unspecified atom stereocenters. The Balaban J connectivity index is 1.38. The van der Waals surface area contributed by atoms with Crippen molar-refractivity contribution in [2.24, 2.45) is 0 Å². The second-order valence-corrected chi connectivity index (χ2v) is 6.38. The number of para-hydroxylation sites is 1. The van der Waals surface area contributed by atoms with Gasteiger partial charge in [0.2, 0.25) is 0 Å². The Morgan fingerprint density at radius 1 is 1.24 bits per heavy atom. The Labute approximate surface area is 147 Å². The van der Waals surface area contributed by atoms with E-state index in [0.29, 0.717) is 6.04 Å². The number of furan rings is 1. The largest absolute Gasteiger partial charge is 0.460 e. The Bertz CT molecular complexity index is 813. The maximum Gasteiger partial charge on any atom is 0.134 e. The molecule has 0 radical (unpaired) electrons. The van der Waals surface area contributed by atoms with Crippen molar-refractivity contribution in [2.45, 2.75) is 25.4 Å². The molecular weight excluding hydrogens is 314 g/mol. The molecule has 2 aromatic heterocycles. The summed E-state index contributed by atoms with van der Waals surface area (Å²) in [6.45, 7) is 2.69. The molecule has 1 aromatic carbocycles. The lowest BCUT2D eigenvalue weighted by Crippen LogP contribution is -2.38. The predicted molar refractivity (Wildman–Crippen MR) is 99.9 cm³/mol. The molecule has 0 saturated carbocycles. The van der Waals surface area contributed by atoms with Crippen LogP contribution in [-0.2, 0) is 6.54 Å². The van der Waals surface area contributed by atoms with E-state index in [4.69, 9.17) is 4.42 Å². The normalized spacial score (nSPS) is 17.3. The van der Waals surface area contributed by atoms with Crippen LogP contribution in [0, 0.1) is 0 Å². The maximum absolute atomic E-state index is 5.87. The van der Waals surface area contributed by atoms with Crippen molar-refractivity contribution in [2.75, 3.05) is 30.4 Å². The van der Waals surface area contributed by atoms with Gasteiger partial charge in [0.1, 0.15) is 29.3 Å². The first kappa shape index (κ1) is 15.9. The van der Waals surface area contributed by atoms with Gasteiger partial charge in [0.15, 0.2) is 0 Å². The van der Waals surface area contributed by atoms with Crippen molar-refractivity contribution >= 4 is 22.6 Å². The van der Waals surface area contributed by atoms with Crippen molar-refractivity contribution in [3.05, 3.63) is 48.5 Å². The Morgan fingerprint density at radius 3 is 3.04 bits per heavy atom. The van der Waals surface area contributed by atoms with Crippen LogP contribution in [0.4, 0.5) is 11.6 Å². The monoisotopic (exact) mass is 337 g/mol. The minimum absolute atomic E-state index is 0.448. The number of anilines is 2. The fourth-order valence-electron chi connectivity index (χ4n) is 3.48. The van der Waals surface area contributed by atoms with Crippen LogP contribution in [-0.4, -0.2) is 36.1 Å². The molecule has 1 fully saturated rings. The number of benzene rings is 1. The van der Waals surface area contributed by atoms with Crippen LogP contribution in [0.5, 0.6) is 0 Å². The molecule has 1 atom stereocenters. The molecule has 1 aliphatic rings. The van der Waals surface area contributed by atoms with Crippen molar-refractivity contribution in [3.63, 3.8) is 0 Å². The third-order valence-corrected chi connectivity index (χ3v) is 4.74.